The number of carboxylic acids is 1. The van der Waals surface area contributed by atoms with Gasteiger partial charge in [-0.2, -0.15) is 0 Å². The molecular formula is C32H31NaO5. The fourth-order valence-electron chi connectivity index (χ4n) is 4.83. The molecule has 3 aromatic carbocycles. The Labute approximate surface area is 246 Å². The Morgan fingerprint density at radius 1 is 0.868 bits per heavy atom. The molecule has 0 saturated heterocycles. The Morgan fingerprint density at radius 2 is 1.53 bits per heavy atom. The average Bonchev–Trinajstić information content (AvgIpc) is 3.33. The fraction of sp³-hybridized carbons (Fsp3) is 0.281. The van der Waals surface area contributed by atoms with Crippen LogP contribution in [0.1, 0.15) is 42.4 Å². The first-order valence-electron chi connectivity index (χ1n) is 12.8. The van der Waals surface area contributed by atoms with E-state index in [4.69, 9.17) is 14.2 Å². The van der Waals surface area contributed by atoms with Gasteiger partial charge in [0.15, 0.2) is 0 Å². The minimum absolute atomic E-state index is 0. The molecule has 1 heterocycles. The van der Waals surface area contributed by atoms with Crippen molar-refractivity contribution in [3.05, 3.63) is 125 Å². The van der Waals surface area contributed by atoms with Crippen molar-refractivity contribution in [2.45, 2.75) is 57.5 Å². The van der Waals surface area contributed by atoms with Gasteiger partial charge in [0.1, 0.15) is 30.3 Å². The maximum Gasteiger partial charge on any atom is 1.00 e. The van der Waals surface area contributed by atoms with Gasteiger partial charge in [-0.15, -0.1) is 0 Å². The molecule has 1 aliphatic carbocycles. The van der Waals surface area contributed by atoms with E-state index in [2.05, 4.69) is 24.3 Å². The molecule has 38 heavy (non-hydrogen) atoms. The average molecular weight is 519 g/mol. The first kappa shape index (κ1) is 28.2. The van der Waals surface area contributed by atoms with Crippen molar-refractivity contribution in [2.24, 2.45) is 0 Å². The third-order valence-corrected chi connectivity index (χ3v) is 6.84. The molecule has 0 spiro atoms. The van der Waals surface area contributed by atoms with Gasteiger partial charge < -0.3 is 24.1 Å². The minimum atomic E-state index is -1.18. The van der Waals surface area contributed by atoms with Gasteiger partial charge in [-0.3, -0.25) is 0 Å². The number of carboxylic acid groups (broad SMARTS) is 1. The summed E-state index contributed by atoms with van der Waals surface area (Å²) in [6.45, 7) is 0.794. The van der Waals surface area contributed by atoms with Crippen LogP contribution < -0.4 is 39.4 Å². The van der Waals surface area contributed by atoms with E-state index in [9.17, 15) is 9.90 Å². The zero-order chi connectivity index (χ0) is 25.5. The standard InChI is InChI=1S/C32H32O5.Na/c33-32(34)31(36-22-25-9-5-2-6-10-25)19-26-11-14-27-20-29(37-30(27)18-26)17-23-12-15-28(16-13-23)35-21-24-7-3-1-4-8-24;/h1-10,12-13,15-16,18,29,31H,11,14,17,19-22H2,(H,33,34);/q;+1/p-1. The Balaban J connectivity index is 0.00000336. The van der Waals surface area contributed by atoms with E-state index in [0.29, 0.717) is 13.0 Å². The molecule has 0 bridgehead atoms. The van der Waals surface area contributed by atoms with Crippen LogP contribution in [0.15, 0.2) is 108 Å². The molecule has 5 rings (SSSR count). The summed E-state index contributed by atoms with van der Waals surface area (Å²) in [4.78, 5) is 11.7. The number of carbonyl (C=O) groups is 1. The first-order chi connectivity index (χ1) is 18.1. The summed E-state index contributed by atoms with van der Waals surface area (Å²) in [7, 11) is 0. The van der Waals surface area contributed by atoms with Crippen LogP contribution in [0.25, 0.3) is 0 Å². The first-order valence-corrected chi connectivity index (χ1v) is 12.8. The van der Waals surface area contributed by atoms with E-state index < -0.39 is 12.1 Å². The molecule has 0 saturated carbocycles. The molecule has 0 aromatic heterocycles. The Hall–Kier alpha value is -2.83. The van der Waals surface area contributed by atoms with Crippen LogP contribution in [0, 0.1) is 0 Å². The molecule has 0 N–H and O–H groups in total. The third-order valence-electron chi connectivity index (χ3n) is 6.84. The summed E-state index contributed by atoms with van der Waals surface area (Å²) in [5.74, 6) is 0.564. The van der Waals surface area contributed by atoms with Crippen molar-refractivity contribution in [3.63, 3.8) is 0 Å². The Bertz CT molecular complexity index is 1250. The second-order valence-electron chi connectivity index (χ2n) is 9.65. The maximum atomic E-state index is 11.7. The second kappa shape index (κ2) is 13.8. The predicted octanol–water partition coefficient (Wildman–Crippen LogP) is 2.30. The SMILES string of the molecule is O=C([O-])C(CC1=CC2=C(CC1)CC(Cc1ccc(OCc3ccccc3)cc1)O2)OCc1ccccc1.[Na+]. The van der Waals surface area contributed by atoms with Crippen molar-refractivity contribution in [3.8, 4) is 5.75 Å². The van der Waals surface area contributed by atoms with Crippen molar-refractivity contribution >= 4 is 5.97 Å². The third kappa shape index (κ3) is 7.84. The van der Waals surface area contributed by atoms with Crippen molar-refractivity contribution in [1.29, 1.82) is 0 Å². The Morgan fingerprint density at radius 3 is 2.18 bits per heavy atom. The van der Waals surface area contributed by atoms with E-state index in [-0.39, 0.29) is 42.3 Å². The van der Waals surface area contributed by atoms with Crippen LogP contribution in [-0.4, -0.2) is 18.2 Å². The molecular weight excluding hydrogens is 487 g/mol. The maximum absolute atomic E-state index is 11.7. The van der Waals surface area contributed by atoms with Gasteiger partial charge in [-0.25, -0.2) is 0 Å². The quantitative estimate of drug-likeness (QED) is 0.365. The largest absolute Gasteiger partial charge is 1.00 e. The summed E-state index contributed by atoms with van der Waals surface area (Å²) in [6, 6.07) is 27.9. The number of rotatable bonds is 11. The predicted molar refractivity (Wildman–Crippen MR) is 139 cm³/mol. The van der Waals surface area contributed by atoms with Gasteiger partial charge in [0, 0.05) is 19.3 Å². The molecule has 6 heteroatoms. The van der Waals surface area contributed by atoms with Crippen LogP contribution in [-0.2, 0) is 33.9 Å². The van der Waals surface area contributed by atoms with Crippen LogP contribution in [0.4, 0.5) is 0 Å². The van der Waals surface area contributed by atoms with Crippen LogP contribution in [0.2, 0.25) is 0 Å². The van der Waals surface area contributed by atoms with Crippen LogP contribution >= 0.6 is 0 Å². The molecule has 2 unspecified atom stereocenters. The number of benzene rings is 3. The van der Waals surface area contributed by atoms with Gasteiger partial charge in [0.05, 0.1) is 12.6 Å². The topological polar surface area (TPSA) is 67.8 Å². The number of carbonyl (C=O) groups excluding carboxylic acids is 1. The monoisotopic (exact) mass is 518 g/mol. The molecule has 2 aliphatic rings. The number of hydrogen-bond donors (Lipinski definition) is 0. The minimum Gasteiger partial charge on any atom is -0.547 e. The summed E-state index contributed by atoms with van der Waals surface area (Å²) in [5.41, 5.74) is 5.62. The summed E-state index contributed by atoms with van der Waals surface area (Å²) >= 11 is 0. The summed E-state index contributed by atoms with van der Waals surface area (Å²) in [5, 5.41) is 11.7. The van der Waals surface area contributed by atoms with E-state index in [1.807, 2.05) is 66.7 Å². The molecule has 1 aliphatic heterocycles. The molecule has 0 radical (unpaired) electrons. The van der Waals surface area contributed by atoms with E-state index >= 15 is 0 Å². The van der Waals surface area contributed by atoms with E-state index in [1.165, 1.54) is 11.1 Å². The molecule has 0 amide bonds. The molecule has 3 aromatic rings. The number of ether oxygens (including phenoxy) is 3. The van der Waals surface area contributed by atoms with Crippen molar-refractivity contribution < 1.29 is 53.7 Å². The van der Waals surface area contributed by atoms with Crippen molar-refractivity contribution in [1.82, 2.24) is 0 Å². The summed E-state index contributed by atoms with van der Waals surface area (Å²) in [6.07, 6.45) is 4.86. The number of hydrogen-bond acceptors (Lipinski definition) is 5. The van der Waals surface area contributed by atoms with Crippen molar-refractivity contribution in [2.75, 3.05) is 0 Å². The van der Waals surface area contributed by atoms with E-state index in [1.54, 1.807) is 0 Å². The van der Waals surface area contributed by atoms with Gasteiger partial charge >= 0.3 is 29.6 Å². The molecule has 2 atom stereocenters. The molecule has 0 fully saturated rings. The van der Waals surface area contributed by atoms with Crippen LogP contribution in [0.5, 0.6) is 5.75 Å². The summed E-state index contributed by atoms with van der Waals surface area (Å²) < 4.78 is 17.9. The number of aliphatic carboxylic acids is 1. The Kier molecular flexibility index (Phi) is 10.2. The van der Waals surface area contributed by atoms with Gasteiger partial charge in [0.25, 0.3) is 0 Å². The molecule has 190 valence electrons. The zero-order valence-electron chi connectivity index (χ0n) is 21.8. The fourth-order valence-corrected chi connectivity index (χ4v) is 4.83. The smallest absolute Gasteiger partial charge is 0.547 e. The van der Waals surface area contributed by atoms with E-state index in [0.717, 1.165) is 53.9 Å². The molecule has 5 nitrogen and oxygen atoms in total. The zero-order valence-corrected chi connectivity index (χ0v) is 23.8. The van der Waals surface area contributed by atoms with Crippen LogP contribution in [0.3, 0.4) is 0 Å². The second-order valence-corrected chi connectivity index (χ2v) is 9.65. The normalized spacial score (nSPS) is 17.1. The van der Waals surface area contributed by atoms with Gasteiger partial charge in [-0.1, -0.05) is 78.4 Å². The van der Waals surface area contributed by atoms with Gasteiger partial charge in [0.2, 0.25) is 0 Å². The number of allylic oxidation sites excluding steroid dienone is 1. The van der Waals surface area contributed by atoms with Gasteiger partial charge in [-0.05, 0) is 53.3 Å².